The molecular formula is C18H24IN3O3S. The summed E-state index contributed by atoms with van der Waals surface area (Å²) in [6, 6.07) is 12.4. The standard InChI is InChI=1S/C18H23N3O3S.HI/c1-13-10-14(2)12-15(11-13)21-18(19)20-8-9-24-16-4-6-17(7-5-16)25(3,22)23;/h4-7,10-12H,8-9H2,1-3H3,(H3,19,20,21);1H. The third-order valence-corrected chi connectivity index (χ3v) is 4.52. The number of hydrogen-bond donors (Lipinski definition) is 2. The lowest BCUT2D eigenvalue weighted by Gasteiger charge is -2.09. The van der Waals surface area contributed by atoms with Crippen molar-refractivity contribution in [2.45, 2.75) is 18.7 Å². The monoisotopic (exact) mass is 489 g/mol. The quantitative estimate of drug-likeness (QED) is 0.282. The van der Waals surface area contributed by atoms with Gasteiger partial charge in [0.1, 0.15) is 12.4 Å². The van der Waals surface area contributed by atoms with Gasteiger partial charge in [-0.1, -0.05) is 6.07 Å². The zero-order valence-corrected chi connectivity index (χ0v) is 18.2. The maximum atomic E-state index is 11.4. The predicted octanol–water partition coefficient (Wildman–Crippen LogP) is 3.13. The molecule has 2 aromatic rings. The van der Waals surface area contributed by atoms with Crippen LogP contribution in [0.25, 0.3) is 0 Å². The van der Waals surface area contributed by atoms with E-state index in [1.165, 1.54) is 18.4 Å². The highest BCUT2D eigenvalue weighted by Gasteiger charge is 2.06. The molecule has 0 saturated carbocycles. The molecule has 8 heteroatoms. The summed E-state index contributed by atoms with van der Waals surface area (Å²) in [6.07, 6.45) is 1.17. The Balaban J connectivity index is 0.00000338. The van der Waals surface area contributed by atoms with Gasteiger partial charge in [0, 0.05) is 11.9 Å². The first-order valence-electron chi connectivity index (χ1n) is 7.82. The molecule has 0 amide bonds. The van der Waals surface area contributed by atoms with E-state index in [1.54, 1.807) is 12.1 Å². The lowest BCUT2D eigenvalue weighted by atomic mass is 10.1. The van der Waals surface area contributed by atoms with Crippen LogP contribution < -0.4 is 15.8 Å². The predicted molar refractivity (Wildman–Crippen MR) is 116 cm³/mol. The molecule has 0 heterocycles. The molecule has 0 fully saturated rings. The Morgan fingerprint density at radius 1 is 1.12 bits per heavy atom. The van der Waals surface area contributed by atoms with Gasteiger partial charge < -0.3 is 15.8 Å². The van der Waals surface area contributed by atoms with Gasteiger partial charge in [-0.25, -0.2) is 13.4 Å². The first-order chi connectivity index (χ1) is 11.7. The van der Waals surface area contributed by atoms with Crippen molar-refractivity contribution in [2.75, 3.05) is 24.7 Å². The van der Waals surface area contributed by atoms with E-state index in [0.717, 1.165) is 16.8 Å². The third kappa shape index (κ3) is 7.20. The fraction of sp³-hybridized carbons (Fsp3) is 0.278. The Hall–Kier alpha value is -1.81. The summed E-state index contributed by atoms with van der Waals surface area (Å²) in [7, 11) is -3.19. The van der Waals surface area contributed by atoms with Crippen LogP contribution in [0.15, 0.2) is 52.4 Å². The van der Waals surface area contributed by atoms with Gasteiger partial charge in [0.05, 0.1) is 11.4 Å². The number of ether oxygens (including phenoxy) is 1. The van der Waals surface area contributed by atoms with Crippen LogP contribution in [-0.2, 0) is 9.84 Å². The van der Waals surface area contributed by atoms with Gasteiger partial charge in [-0.2, -0.15) is 0 Å². The smallest absolute Gasteiger partial charge is 0.193 e. The van der Waals surface area contributed by atoms with E-state index < -0.39 is 9.84 Å². The molecule has 6 nitrogen and oxygen atoms in total. The van der Waals surface area contributed by atoms with Gasteiger partial charge in [-0.15, -0.1) is 24.0 Å². The molecule has 3 N–H and O–H groups in total. The van der Waals surface area contributed by atoms with E-state index in [1.807, 2.05) is 26.0 Å². The molecule has 0 aliphatic heterocycles. The highest BCUT2D eigenvalue weighted by atomic mass is 127. The minimum Gasteiger partial charge on any atom is -0.492 e. The average Bonchev–Trinajstić information content (AvgIpc) is 2.50. The lowest BCUT2D eigenvalue weighted by Crippen LogP contribution is -2.23. The topological polar surface area (TPSA) is 93.8 Å². The van der Waals surface area contributed by atoms with Crippen molar-refractivity contribution in [1.82, 2.24) is 0 Å². The zero-order valence-electron chi connectivity index (χ0n) is 15.0. The fourth-order valence-electron chi connectivity index (χ4n) is 2.35. The van der Waals surface area contributed by atoms with E-state index >= 15 is 0 Å². The number of guanidine groups is 1. The van der Waals surface area contributed by atoms with Gasteiger partial charge in [0.25, 0.3) is 0 Å². The molecule has 0 spiro atoms. The second-order valence-electron chi connectivity index (χ2n) is 5.86. The van der Waals surface area contributed by atoms with Crippen LogP contribution in [0.1, 0.15) is 11.1 Å². The number of halogens is 1. The molecular weight excluding hydrogens is 465 g/mol. The minimum atomic E-state index is -3.19. The molecule has 0 aromatic heterocycles. The molecule has 0 aliphatic rings. The SMILES string of the molecule is Cc1cc(C)cc(NC(N)=NCCOc2ccc(S(C)(=O)=O)cc2)c1.I. The summed E-state index contributed by atoms with van der Waals surface area (Å²) in [5.41, 5.74) is 9.07. The number of sulfone groups is 1. The molecule has 2 rings (SSSR count). The van der Waals surface area contributed by atoms with Gasteiger partial charge in [0.15, 0.2) is 15.8 Å². The maximum Gasteiger partial charge on any atom is 0.193 e. The average molecular weight is 489 g/mol. The van der Waals surface area contributed by atoms with E-state index in [4.69, 9.17) is 10.5 Å². The Morgan fingerprint density at radius 3 is 2.23 bits per heavy atom. The number of rotatable bonds is 6. The molecule has 0 aliphatic carbocycles. The molecule has 142 valence electrons. The van der Waals surface area contributed by atoms with Crippen molar-refractivity contribution in [3.8, 4) is 5.75 Å². The largest absolute Gasteiger partial charge is 0.492 e. The summed E-state index contributed by atoms with van der Waals surface area (Å²) >= 11 is 0. The second kappa shape index (κ2) is 9.77. The number of nitrogens with two attached hydrogens (primary N) is 1. The number of anilines is 1. The van der Waals surface area contributed by atoms with E-state index in [2.05, 4.69) is 16.4 Å². The normalized spacial score (nSPS) is 11.6. The van der Waals surface area contributed by atoms with Crippen LogP contribution in [0, 0.1) is 13.8 Å². The molecule has 2 aromatic carbocycles. The zero-order chi connectivity index (χ0) is 18.4. The Labute approximate surface area is 171 Å². The van der Waals surface area contributed by atoms with Crippen molar-refractivity contribution in [3.05, 3.63) is 53.6 Å². The lowest BCUT2D eigenvalue weighted by molar-refractivity contribution is 0.328. The van der Waals surface area contributed by atoms with Gasteiger partial charge in [-0.05, 0) is 61.4 Å². The fourth-order valence-corrected chi connectivity index (χ4v) is 2.98. The summed E-state index contributed by atoms with van der Waals surface area (Å²) < 4.78 is 28.3. The van der Waals surface area contributed by atoms with Crippen LogP contribution in [0.2, 0.25) is 0 Å². The molecule has 0 bridgehead atoms. The van der Waals surface area contributed by atoms with Gasteiger partial charge in [0.2, 0.25) is 0 Å². The van der Waals surface area contributed by atoms with Crippen LogP contribution in [0.5, 0.6) is 5.75 Å². The van der Waals surface area contributed by atoms with Gasteiger partial charge >= 0.3 is 0 Å². The number of aryl methyl sites for hydroxylation is 2. The number of nitrogens with zero attached hydrogens (tertiary/aromatic N) is 1. The van der Waals surface area contributed by atoms with E-state index in [0.29, 0.717) is 24.9 Å². The first-order valence-corrected chi connectivity index (χ1v) is 9.71. The van der Waals surface area contributed by atoms with Crippen LogP contribution in [-0.4, -0.2) is 33.8 Å². The van der Waals surface area contributed by atoms with Crippen molar-refractivity contribution in [1.29, 1.82) is 0 Å². The van der Waals surface area contributed by atoms with E-state index in [9.17, 15) is 8.42 Å². The molecule has 0 atom stereocenters. The maximum absolute atomic E-state index is 11.4. The van der Waals surface area contributed by atoms with Crippen molar-refractivity contribution in [2.24, 2.45) is 10.7 Å². The van der Waals surface area contributed by atoms with Crippen LogP contribution in [0.4, 0.5) is 5.69 Å². The number of nitrogens with one attached hydrogen (secondary N) is 1. The van der Waals surface area contributed by atoms with Gasteiger partial charge in [-0.3, -0.25) is 0 Å². The second-order valence-corrected chi connectivity index (χ2v) is 7.88. The minimum absolute atomic E-state index is 0. The Morgan fingerprint density at radius 2 is 1.69 bits per heavy atom. The van der Waals surface area contributed by atoms with Crippen LogP contribution >= 0.6 is 24.0 Å². The summed E-state index contributed by atoms with van der Waals surface area (Å²) in [5.74, 6) is 0.907. The summed E-state index contributed by atoms with van der Waals surface area (Å²) in [4.78, 5) is 4.48. The number of aliphatic imine (C=N–C) groups is 1. The summed E-state index contributed by atoms with van der Waals surface area (Å²) in [6.45, 7) is 4.77. The van der Waals surface area contributed by atoms with Crippen molar-refractivity contribution >= 4 is 45.5 Å². The van der Waals surface area contributed by atoms with Crippen molar-refractivity contribution < 1.29 is 13.2 Å². The molecule has 26 heavy (non-hydrogen) atoms. The van der Waals surface area contributed by atoms with Crippen LogP contribution in [0.3, 0.4) is 0 Å². The summed E-state index contributed by atoms with van der Waals surface area (Å²) in [5, 5.41) is 3.05. The highest BCUT2D eigenvalue weighted by molar-refractivity contribution is 14.0. The number of hydrogen-bond acceptors (Lipinski definition) is 4. The van der Waals surface area contributed by atoms with E-state index in [-0.39, 0.29) is 28.9 Å². The molecule has 0 unspecified atom stereocenters. The van der Waals surface area contributed by atoms with Crippen molar-refractivity contribution in [3.63, 3.8) is 0 Å². The Kier molecular flexibility index (Phi) is 8.35. The third-order valence-electron chi connectivity index (χ3n) is 3.39. The molecule has 0 saturated heterocycles. The Bertz CT molecular complexity index is 846. The first kappa shape index (κ1) is 22.2. The molecule has 0 radical (unpaired) electrons. The number of benzene rings is 2. The highest BCUT2D eigenvalue weighted by Crippen LogP contribution is 2.16.